The summed E-state index contributed by atoms with van der Waals surface area (Å²) in [5.41, 5.74) is -3.38. The van der Waals surface area contributed by atoms with Crippen LogP contribution in [0.5, 0.6) is 11.5 Å². The van der Waals surface area contributed by atoms with Gasteiger partial charge in [-0.3, -0.25) is 14.1 Å². The molecular weight excluding hydrogens is 1140 g/mol. The van der Waals surface area contributed by atoms with Gasteiger partial charge in [0.15, 0.2) is 17.3 Å². The highest BCUT2D eigenvalue weighted by Crippen LogP contribution is 2.53. The van der Waals surface area contributed by atoms with Crippen molar-refractivity contribution < 1.29 is 65.7 Å². The molecular formula is C52H75Cl7NO14P. The molecule has 0 bridgehead atoms. The summed E-state index contributed by atoms with van der Waals surface area (Å²) in [6.07, 6.45) is 10.1. The molecule has 3 rings (SSSR count). The first-order chi connectivity index (χ1) is 35.5. The van der Waals surface area contributed by atoms with E-state index in [1.54, 1.807) is 36.4 Å². The third-order valence-corrected chi connectivity index (χ3v) is 15.4. The Balaban J connectivity index is 2.02. The third-order valence-electron chi connectivity index (χ3n) is 11.9. The molecule has 1 saturated heterocycles. The maximum atomic E-state index is 15.1. The van der Waals surface area contributed by atoms with E-state index in [2.05, 4.69) is 19.2 Å². The summed E-state index contributed by atoms with van der Waals surface area (Å²) in [7, 11) is -4.98. The van der Waals surface area contributed by atoms with E-state index in [0.717, 1.165) is 64.2 Å². The second-order valence-corrected chi connectivity index (χ2v) is 25.5. The SMILES string of the molecule is CCCCCCCCCCCC(=O)O[C@H](CCCCCCCCCCC)CC(=O)O[C@H]1[C@H](OP(=O)(Oc2ccccc2)Oc2ccccc2)[C@@H](COC(=O)OC(C)(C)C(Cl)(Cl)Cl)OC(Cl)[C@@H]1NC(=O)OCC(Cl)(Cl)Cl. The van der Waals surface area contributed by atoms with Crippen molar-refractivity contribution in [3.8, 4) is 11.5 Å². The summed E-state index contributed by atoms with van der Waals surface area (Å²) in [5, 5.41) is 2.47. The summed E-state index contributed by atoms with van der Waals surface area (Å²) >= 11 is 42.6. The molecule has 0 radical (unpaired) electrons. The number of alkyl halides is 7. The number of para-hydroxylation sites is 2. The largest absolute Gasteiger partial charge is 0.588 e. The van der Waals surface area contributed by atoms with Crippen molar-refractivity contribution in [2.75, 3.05) is 13.2 Å². The number of carbonyl (C=O) groups excluding carboxylic acids is 4. The Morgan fingerprint density at radius 2 is 1.16 bits per heavy atom. The van der Waals surface area contributed by atoms with Crippen LogP contribution in [0.3, 0.4) is 0 Å². The number of phosphoric acid groups is 1. The molecule has 0 spiro atoms. The Morgan fingerprint density at radius 3 is 1.65 bits per heavy atom. The average Bonchev–Trinajstić information content (AvgIpc) is 3.33. The molecule has 75 heavy (non-hydrogen) atoms. The van der Waals surface area contributed by atoms with E-state index >= 15 is 4.57 Å². The van der Waals surface area contributed by atoms with Gasteiger partial charge in [0.05, 0.1) is 6.42 Å². The predicted octanol–water partition coefficient (Wildman–Crippen LogP) is 16.4. The number of hydrogen-bond acceptors (Lipinski definition) is 14. The average molecular weight is 1220 g/mol. The van der Waals surface area contributed by atoms with Crippen molar-refractivity contribution in [1.29, 1.82) is 0 Å². The van der Waals surface area contributed by atoms with E-state index in [1.807, 2.05) is 0 Å². The molecule has 1 heterocycles. The lowest BCUT2D eigenvalue weighted by Gasteiger charge is -2.44. The predicted molar refractivity (Wildman–Crippen MR) is 295 cm³/mol. The van der Waals surface area contributed by atoms with Gasteiger partial charge in [-0.05, 0) is 57.4 Å². The molecule has 1 aliphatic heterocycles. The Morgan fingerprint density at radius 1 is 0.667 bits per heavy atom. The molecule has 1 fully saturated rings. The van der Waals surface area contributed by atoms with E-state index in [0.29, 0.717) is 19.3 Å². The number of halogens is 7. The number of phosphoric ester groups is 1. The molecule has 0 aliphatic carbocycles. The van der Waals surface area contributed by atoms with E-state index in [9.17, 15) is 19.2 Å². The summed E-state index contributed by atoms with van der Waals surface area (Å²) in [4.78, 5) is 54.5. The normalized spacial score (nSPS) is 18.6. The highest BCUT2D eigenvalue weighted by Gasteiger charge is 2.54. The Kier molecular flexibility index (Phi) is 31.6. The molecule has 0 aromatic heterocycles. The zero-order chi connectivity index (χ0) is 55.3. The Bertz CT molecular complexity index is 1950. The molecule has 2 aromatic rings. The minimum absolute atomic E-state index is 0.0242. The molecule has 15 nitrogen and oxygen atoms in total. The van der Waals surface area contributed by atoms with E-state index < -0.39 is 101 Å². The highest BCUT2D eigenvalue weighted by atomic mass is 35.6. The summed E-state index contributed by atoms with van der Waals surface area (Å²) < 4.78 is 63.3. The van der Waals surface area contributed by atoms with Crippen LogP contribution in [0.1, 0.15) is 163 Å². The van der Waals surface area contributed by atoms with Gasteiger partial charge in [-0.2, -0.15) is 0 Å². The molecule has 2 aromatic carbocycles. The number of ether oxygens (including phenoxy) is 6. The highest BCUT2D eigenvalue weighted by molar-refractivity contribution is 7.49. The van der Waals surface area contributed by atoms with Crippen LogP contribution in [0.15, 0.2) is 60.7 Å². The van der Waals surface area contributed by atoms with Crippen LogP contribution in [0.2, 0.25) is 0 Å². The lowest BCUT2D eigenvalue weighted by Crippen LogP contribution is -2.65. The number of benzene rings is 2. The maximum absolute atomic E-state index is 15.1. The molecule has 1 aliphatic rings. The minimum Gasteiger partial charge on any atom is -0.462 e. The monoisotopic (exact) mass is 1210 g/mol. The van der Waals surface area contributed by atoms with Gasteiger partial charge in [0, 0.05) is 6.42 Å². The fraction of sp³-hybridized carbons (Fsp3) is 0.692. The molecule has 1 amide bonds. The second-order valence-electron chi connectivity index (χ2n) is 18.9. The number of rotatable bonds is 35. The van der Waals surface area contributed by atoms with Gasteiger partial charge in [-0.1, -0.05) is 234 Å². The zero-order valence-electron chi connectivity index (χ0n) is 43.3. The number of hydrogen-bond donors (Lipinski definition) is 1. The van der Waals surface area contributed by atoms with Gasteiger partial charge >= 0.3 is 32.0 Å². The van der Waals surface area contributed by atoms with Gasteiger partial charge in [0.2, 0.25) is 7.59 Å². The van der Waals surface area contributed by atoms with Crippen molar-refractivity contribution in [3.63, 3.8) is 0 Å². The topological polar surface area (TPSA) is 180 Å². The number of unbranched alkanes of at least 4 members (excludes halogenated alkanes) is 16. The van der Waals surface area contributed by atoms with Crippen LogP contribution in [0, 0.1) is 0 Å². The van der Waals surface area contributed by atoms with Crippen LogP contribution in [0.4, 0.5) is 9.59 Å². The van der Waals surface area contributed by atoms with Crippen LogP contribution in [-0.4, -0.2) is 86.6 Å². The number of amides is 1. The quantitative estimate of drug-likeness (QED) is 0.0226. The van der Waals surface area contributed by atoms with Crippen molar-refractivity contribution in [1.82, 2.24) is 5.32 Å². The minimum atomic E-state index is -4.98. The van der Waals surface area contributed by atoms with Crippen LogP contribution >= 0.6 is 89.0 Å². The lowest BCUT2D eigenvalue weighted by molar-refractivity contribution is -0.196. The second kappa shape index (κ2) is 35.3. The van der Waals surface area contributed by atoms with Crippen molar-refractivity contribution >= 4 is 113 Å². The standard InChI is InChI=1S/C52H75Cl7NO14P/c1-5-7-9-11-13-15-17-19-23-33-40(68-42(61)34-28-20-18-16-14-12-10-8-6-2)35-43(62)70-46-44(60-48(63)67-37-51(54,55)56)47(53)69-41(36-66-49(64)71-50(3,4)52(57,58)59)45(46)74-75(65,72-38-29-24-21-25-30-38)73-39-31-26-22-27-32-39/h21-22,24-27,29-32,40-41,44-47H,5-20,23,28,33-37H2,1-4H3,(H,60,63)/t40-,41-,44-,45-,46-,47?/m1/s1. The zero-order valence-corrected chi connectivity index (χ0v) is 49.5. The number of carbonyl (C=O) groups is 4. The van der Waals surface area contributed by atoms with Crippen molar-refractivity contribution in [3.05, 3.63) is 60.7 Å². The first-order valence-corrected chi connectivity index (χ1v) is 30.1. The molecule has 1 N–H and O–H groups in total. The first kappa shape index (κ1) is 67.0. The first-order valence-electron chi connectivity index (χ1n) is 25.9. The number of alkyl carbamates (subject to hydrolysis) is 1. The van der Waals surface area contributed by atoms with Crippen molar-refractivity contribution in [2.24, 2.45) is 0 Å². The number of esters is 2. The van der Waals surface area contributed by atoms with Crippen LogP contribution in [0.25, 0.3) is 0 Å². The smallest absolute Gasteiger partial charge is 0.462 e. The summed E-state index contributed by atoms with van der Waals surface area (Å²) in [6, 6.07) is 14.1. The van der Waals surface area contributed by atoms with E-state index in [4.69, 9.17) is 123 Å². The molecule has 0 saturated carbocycles. The van der Waals surface area contributed by atoms with Gasteiger partial charge in [-0.25, -0.2) is 14.2 Å². The van der Waals surface area contributed by atoms with Gasteiger partial charge in [-0.15, -0.1) is 0 Å². The number of nitrogens with one attached hydrogen (secondary N) is 1. The van der Waals surface area contributed by atoms with Gasteiger partial charge < -0.3 is 42.8 Å². The molecule has 1 unspecified atom stereocenters. The summed E-state index contributed by atoms with van der Waals surface area (Å²) in [6.45, 7) is 5.47. The van der Waals surface area contributed by atoms with Gasteiger partial charge in [0.1, 0.15) is 49.1 Å². The van der Waals surface area contributed by atoms with Gasteiger partial charge in [0.25, 0.3) is 0 Å². The molecule has 6 atom stereocenters. The Labute approximate surface area is 478 Å². The molecule has 426 valence electrons. The maximum Gasteiger partial charge on any atom is 0.588 e. The summed E-state index contributed by atoms with van der Waals surface area (Å²) in [5.74, 6) is -1.37. The van der Waals surface area contributed by atoms with Crippen LogP contribution in [-0.2, 0) is 47.1 Å². The van der Waals surface area contributed by atoms with Crippen molar-refractivity contribution in [2.45, 2.75) is 212 Å². The van der Waals surface area contributed by atoms with Crippen LogP contribution < -0.4 is 14.4 Å². The van der Waals surface area contributed by atoms with E-state index in [-0.39, 0.29) is 17.9 Å². The third kappa shape index (κ3) is 27.9. The fourth-order valence-electron chi connectivity index (χ4n) is 7.74. The fourth-order valence-corrected chi connectivity index (χ4v) is 9.80. The Hall–Kier alpha value is -2.30. The lowest BCUT2D eigenvalue weighted by atomic mass is 9.97. The van der Waals surface area contributed by atoms with E-state index in [1.165, 1.54) is 76.6 Å². The molecule has 23 heteroatoms.